The summed E-state index contributed by atoms with van der Waals surface area (Å²) in [7, 11) is 1.38. The molecule has 0 saturated heterocycles. The highest BCUT2D eigenvalue weighted by molar-refractivity contribution is 7.80. The third-order valence-electron chi connectivity index (χ3n) is 4.32. The maximum absolute atomic E-state index is 12.0. The first kappa shape index (κ1) is 21.8. The van der Waals surface area contributed by atoms with E-state index in [-0.39, 0.29) is 5.97 Å². The number of methoxy groups -OCH3 is 1. The second-order valence-corrected chi connectivity index (χ2v) is 6.69. The van der Waals surface area contributed by atoms with E-state index in [1.54, 1.807) is 6.07 Å². The third-order valence-corrected chi connectivity index (χ3v) is 4.56. The van der Waals surface area contributed by atoms with Crippen LogP contribution in [-0.2, 0) is 16.0 Å². The van der Waals surface area contributed by atoms with Crippen LogP contribution < -0.4 is 10.6 Å². The molecule has 0 unspecified atom stereocenters. The van der Waals surface area contributed by atoms with Gasteiger partial charge in [0.1, 0.15) is 0 Å². The molecule has 0 fully saturated rings. The number of carbonyl (C=O) groups is 1. The van der Waals surface area contributed by atoms with Gasteiger partial charge in [0.15, 0.2) is 5.11 Å². The van der Waals surface area contributed by atoms with E-state index in [9.17, 15) is 4.79 Å². The Morgan fingerprint density at radius 3 is 2.75 bits per heavy atom. The Kier molecular flexibility index (Phi) is 8.41. The Hall–Kier alpha value is -2.45. The summed E-state index contributed by atoms with van der Waals surface area (Å²) in [4.78, 5) is 12.0. The average molecular weight is 405 g/mol. The predicted octanol–water partition coefficient (Wildman–Crippen LogP) is 3.05. The first-order valence-electron chi connectivity index (χ1n) is 9.30. The number of hydrogen-bond acceptors (Lipinski definition) is 5. The predicted molar refractivity (Wildman–Crippen MR) is 114 cm³/mol. The van der Waals surface area contributed by atoms with E-state index >= 15 is 0 Å². The Morgan fingerprint density at radius 1 is 1.29 bits per heavy atom. The molecule has 0 aliphatic rings. The molecule has 1 aromatic carbocycles. The van der Waals surface area contributed by atoms with E-state index in [1.165, 1.54) is 7.11 Å². The van der Waals surface area contributed by atoms with Gasteiger partial charge in [-0.1, -0.05) is 18.2 Å². The number of hydrogen-bond donors (Lipinski definition) is 2. The summed E-state index contributed by atoms with van der Waals surface area (Å²) >= 11 is 5.38. The molecule has 2 rings (SSSR count). The molecule has 0 spiro atoms. The number of esters is 1. The van der Waals surface area contributed by atoms with Crippen LogP contribution in [0.5, 0.6) is 0 Å². The molecule has 0 saturated carbocycles. The normalized spacial score (nSPS) is 10.6. The minimum Gasteiger partial charge on any atom is -0.465 e. The molecule has 0 radical (unpaired) electrons. The number of benzene rings is 1. The fraction of sp³-hybridized carbons (Fsp3) is 0.450. The van der Waals surface area contributed by atoms with Crippen molar-refractivity contribution in [2.24, 2.45) is 0 Å². The van der Waals surface area contributed by atoms with Gasteiger partial charge < -0.3 is 20.1 Å². The molecule has 28 heavy (non-hydrogen) atoms. The summed E-state index contributed by atoms with van der Waals surface area (Å²) in [6.07, 6.45) is 0.886. The lowest BCUT2D eigenvalue weighted by Gasteiger charge is -2.12. The van der Waals surface area contributed by atoms with Crippen molar-refractivity contribution in [1.29, 1.82) is 0 Å². The third kappa shape index (κ3) is 5.77. The zero-order chi connectivity index (χ0) is 20.5. The summed E-state index contributed by atoms with van der Waals surface area (Å²) in [6, 6.07) is 7.38. The molecule has 8 heteroatoms. The van der Waals surface area contributed by atoms with Crippen LogP contribution in [0.25, 0.3) is 0 Å². The van der Waals surface area contributed by atoms with Gasteiger partial charge in [0, 0.05) is 19.8 Å². The van der Waals surface area contributed by atoms with E-state index in [2.05, 4.69) is 15.7 Å². The topological polar surface area (TPSA) is 77.4 Å². The number of aromatic nitrogens is 2. The fourth-order valence-electron chi connectivity index (χ4n) is 2.84. The van der Waals surface area contributed by atoms with Crippen LogP contribution in [0.2, 0.25) is 0 Å². The SMILES string of the molecule is CCOCCCNC(=S)Nc1c(C)nn(Cc2ccccc2C(=O)OC)c1C. The summed E-state index contributed by atoms with van der Waals surface area (Å²) < 4.78 is 12.0. The van der Waals surface area contributed by atoms with Gasteiger partial charge in [-0.05, 0) is 51.0 Å². The molecule has 0 aliphatic heterocycles. The number of carbonyl (C=O) groups excluding carboxylic acids is 1. The van der Waals surface area contributed by atoms with E-state index in [4.69, 9.17) is 21.7 Å². The van der Waals surface area contributed by atoms with Crippen molar-refractivity contribution in [3.05, 3.63) is 46.8 Å². The Labute approximate surface area is 171 Å². The van der Waals surface area contributed by atoms with E-state index in [0.717, 1.165) is 42.2 Å². The second kappa shape index (κ2) is 10.8. The van der Waals surface area contributed by atoms with Crippen LogP contribution in [0.15, 0.2) is 24.3 Å². The molecule has 2 N–H and O–H groups in total. The molecule has 0 amide bonds. The molecular formula is C20H28N4O3S. The highest BCUT2D eigenvalue weighted by Gasteiger charge is 2.16. The van der Waals surface area contributed by atoms with Gasteiger partial charge in [-0.3, -0.25) is 4.68 Å². The van der Waals surface area contributed by atoms with Crippen molar-refractivity contribution in [3.8, 4) is 0 Å². The lowest BCUT2D eigenvalue weighted by atomic mass is 10.1. The lowest BCUT2D eigenvalue weighted by Crippen LogP contribution is -2.30. The van der Waals surface area contributed by atoms with Crippen LogP contribution in [0.1, 0.15) is 40.7 Å². The van der Waals surface area contributed by atoms with Crippen LogP contribution >= 0.6 is 12.2 Å². The Balaban J connectivity index is 2.06. The minimum atomic E-state index is -0.354. The molecule has 2 aromatic rings. The molecular weight excluding hydrogens is 376 g/mol. The van der Waals surface area contributed by atoms with Gasteiger partial charge >= 0.3 is 5.97 Å². The molecule has 1 heterocycles. The zero-order valence-corrected chi connectivity index (χ0v) is 17.7. The smallest absolute Gasteiger partial charge is 0.338 e. The number of rotatable bonds is 9. The van der Waals surface area contributed by atoms with E-state index < -0.39 is 0 Å². The summed E-state index contributed by atoms with van der Waals surface area (Å²) in [6.45, 7) is 8.52. The van der Waals surface area contributed by atoms with Crippen molar-refractivity contribution in [1.82, 2.24) is 15.1 Å². The number of nitrogens with one attached hydrogen (secondary N) is 2. The zero-order valence-electron chi connectivity index (χ0n) is 16.9. The van der Waals surface area contributed by atoms with Crippen LogP contribution in [-0.4, -0.2) is 47.7 Å². The Morgan fingerprint density at radius 2 is 2.04 bits per heavy atom. The standard InChI is InChI=1S/C20H28N4O3S/c1-5-27-12-8-11-21-20(28)22-18-14(2)23-24(15(18)3)13-16-9-6-7-10-17(16)19(25)26-4/h6-7,9-10H,5,8,11-13H2,1-4H3,(H2,21,22,28). The van der Waals surface area contributed by atoms with E-state index in [1.807, 2.05) is 43.7 Å². The molecule has 152 valence electrons. The maximum atomic E-state index is 12.0. The first-order valence-corrected chi connectivity index (χ1v) is 9.71. The van der Waals surface area contributed by atoms with Crippen molar-refractivity contribution in [2.45, 2.75) is 33.7 Å². The highest BCUT2D eigenvalue weighted by atomic mass is 32.1. The van der Waals surface area contributed by atoms with Crippen molar-refractivity contribution >= 4 is 29.0 Å². The first-order chi connectivity index (χ1) is 13.5. The van der Waals surface area contributed by atoms with Crippen molar-refractivity contribution < 1.29 is 14.3 Å². The van der Waals surface area contributed by atoms with Crippen LogP contribution in [0.3, 0.4) is 0 Å². The average Bonchev–Trinajstić information content (AvgIpc) is 2.95. The molecule has 1 aromatic heterocycles. The van der Waals surface area contributed by atoms with Crippen molar-refractivity contribution in [3.63, 3.8) is 0 Å². The van der Waals surface area contributed by atoms with Crippen LogP contribution in [0.4, 0.5) is 5.69 Å². The number of aryl methyl sites for hydroxylation is 1. The van der Waals surface area contributed by atoms with Crippen LogP contribution in [0, 0.1) is 13.8 Å². The monoisotopic (exact) mass is 404 g/mol. The second-order valence-electron chi connectivity index (χ2n) is 6.28. The van der Waals surface area contributed by atoms with Gasteiger partial charge in [-0.15, -0.1) is 0 Å². The summed E-state index contributed by atoms with van der Waals surface area (Å²) in [5.74, 6) is -0.354. The highest BCUT2D eigenvalue weighted by Crippen LogP contribution is 2.21. The van der Waals surface area contributed by atoms with Gasteiger partial charge in [-0.2, -0.15) is 5.10 Å². The summed E-state index contributed by atoms with van der Waals surface area (Å²) in [5, 5.41) is 11.6. The number of thiocarbonyl (C=S) groups is 1. The number of anilines is 1. The minimum absolute atomic E-state index is 0.354. The number of nitrogens with zero attached hydrogens (tertiary/aromatic N) is 2. The maximum Gasteiger partial charge on any atom is 0.338 e. The summed E-state index contributed by atoms with van der Waals surface area (Å²) in [5.41, 5.74) is 4.04. The largest absolute Gasteiger partial charge is 0.465 e. The Bertz CT molecular complexity index is 820. The number of ether oxygens (including phenoxy) is 2. The fourth-order valence-corrected chi connectivity index (χ4v) is 3.04. The molecule has 0 aliphatic carbocycles. The van der Waals surface area contributed by atoms with Crippen molar-refractivity contribution in [2.75, 3.05) is 32.2 Å². The quantitative estimate of drug-likeness (QED) is 0.378. The lowest BCUT2D eigenvalue weighted by molar-refractivity contribution is 0.0599. The molecule has 0 atom stereocenters. The molecule has 7 nitrogen and oxygen atoms in total. The van der Waals surface area contributed by atoms with Gasteiger partial charge in [-0.25, -0.2) is 4.79 Å². The van der Waals surface area contributed by atoms with Gasteiger partial charge in [0.25, 0.3) is 0 Å². The molecule has 0 bridgehead atoms. The van der Waals surface area contributed by atoms with E-state index in [0.29, 0.717) is 23.8 Å². The van der Waals surface area contributed by atoms with Gasteiger partial charge in [0.2, 0.25) is 0 Å². The van der Waals surface area contributed by atoms with Gasteiger partial charge in [0.05, 0.1) is 36.3 Å².